The Morgan fingerprint density at radius 3 is 1.44 bits per heavy atom. The molecule has 1 spiro atoms. The zero-order valence-corrected chi connectivity index (χ0v) is 34.0. The average Bonchev–Trinajstić information content (AvgIpc) is 3.83. The van der Waals surface area contributed by atoms with Gasteiger partial charge in [0.2, 0.25) is 0 Å². The standard InChI is InChI=1S/C61H39N/c1-4-18-40(19-5-1)45-38-57(41-20-6-2-7-21-41)62-58(39-45)44-23-16-22-42(36-44)43-34-35-49-47-26-10-13-30-52(47)61(56(49)37-43)54-32-15-14-31-53(54)60(46-24-8-3-9-25-46)51-29-12-11-27-48(51)50-28-17-33-55(61)59(50)60/h1-39H. The normalized spacial score (nSPS) is 17.2. The SMILES string of the molecule is c1ccc(-c2cc(-c3ccccc3)nc(-c3cccc(-c4ccc5c(c4)C4(c6ccccc6-5)c5ccccc5C5(c6ccccc6)c6ccccc6-c6cccc4c65)c3)c2)cc1. The maximum absolute atomic E-state index is 5.31. The summed E-state index contributed by atoms with van der Waals surface area (Å²) in [7, 11) is 0. The second-order valence-electron chi connectivity index (χ2n) is 16.9. The molecular formula is C61H39N. The number of pyridine rings is 1. The van der Waals surface area contributed by atoms with E-state index in [0.29, 0.717) is 0 Å². The molecule has 288 valence electrons. The lowest BCUT2D eigenvalue weighted by Crippen LogP contribution is -2.43. The summed E-state index contributed by atoms with van der Waals surface area (Å²) in [5.74, 6) is 0. The Balaban J connectivity index is 1.05. The van der Waals surface area contributed by atoms with Gasteiger partial charge < -0.3 is 0 Å². The van der Waals surface area contributed by atoms with Gasteiger partial charge in [0, 0.05) is 11.1 Å². The fourth-order valence-corrected chi connectivity index (χ4v) is 11.5. The minimum Gasteiger partial charge on any atom is -0.248 e. The predicted molar refractivity (Wildman–Crippen MR) is 254 cm³/mol. The zero-order valence-electron chi connectivity index (χ0n) is 34.0. The summed E-state index contributed by atoms with van der Waals surface area (Å²) in [5.41, 5.74) is 23.8. The van der Waals surface area contributed by atoms with Crippen LogP contribution in [0.5, 0.6) is 0 Å². The highest BCUT2D eigenvalue weighted by Gasteiger charge is 2.59. The number of hydrogen-bond acceptors (Lipinski definition) is 1. The number of rotatable bonds is 5. The molecule has 0 N–H and O–H groups in total. The molecule has 2 atom stereocenters. The summed E-state index contributed by atoms with van der Waals surface area (Å²) in [6.07, 6.45) is 0. The quantitative estimate of drug-likeness (QED) is 0.169. The third-order valence-corrected chi connectivity index (χ3v) is 13.9. The van der Waals surface area contributed by atoms with Gasteiger partial charge in [0.15, 0.2) is 0 Å². The minimum atomic E-state index is -0.544. The predicted octanol–water partition coefficient (Wildman–Crippen LogP) is 14.8. The van der Waals surface area contributed by atoms with E-state index in [1.807, 2.05) is 0 Å². The Morgan fingerprint density at radius 1 is 0.242 bits per heavy atom. The number of aromatic nitrogens is 1. The molecule has 9 aromatic carbocycles. The average molecular weight is 786 g/mol. The van der Waals surface area contributed by atoms with Gasteiger partial charge in [-0.2, -0.15) is 0 Å². The summed E-state index contributed by atoms with van der Waals surface area (Å²) in [5, 5.41) is 0. The Kier molecular flexibility index (Phi) is 7.50. The first-order valence-electron chi connectivity index (χ1n) is 21.6. The van der Waals surface area contributed by atoms with Crippen molar-refractivity contribution in [3.63, 3.8) is 0 Å². The molecule has 0 amide bonds. The molecular weight excluding hydrogens is 747 g/mol. The van der Waals surface area contributed by atoms with E-state index in [4.69, 9.17) is 4.98 Å². The van der Waals surface area contributed by atoms with Crippen molar-refractivity contribution >= 4 is 0 Å². The van der Waals surface area contributed by atoms with Crippen LogP contribution in [0, 0.1) is 0 Å². The fourth-order valence-electron chi connectivity index (χ4n) is 11.5. The van der Waals surface area contributed by atoms with Crippen LogP contribution in [0.3, 0.4) is 0 Å². The van der Waals surface area contributed by atoms with Gasteiger partial charge in [-0.05, 0) is 113 Å². The van der Waals surface area contributed by atoms with Gasteiger partial charge >= 0.3 is 0 Å². The molecule has 0 saturated heterocycles. The van der Waals surface area contributed by atoms with Crippen molar-refractivity contribution in [3.05, 3.63) is 281 Å². The minimum absolute atomic E-state index is 0.463. The van der Waals surface area contributed by atoms with Crippen LogP contribution in [-0.2, 0) is 10.8 Å². The molecule has 0 bridgehead atoms. The molecule has 10 aromatic rings. The van der Waals surface area contributed by atoms with E-state index >= 15 is 0 Å². The van der Waals surface area contributed by atoms with Crippen molar-refractivity contribution in [1.82, 2.24) is 4.98 Å². The topological polar surface area (TPSA) is 12.9 Å². The first-order chi connectivity index (χ1) is 30.7. The summed E-state index contributed by atoms with van der Waals surface area (Å²) in [6.45, 7) is 0. The summed E-state index contributed by atoms with van der Waals surface area (Å²) >= 11 is 0. The molecule has 3 aliphatic carbocycles. The van der Waals surface area contributed by atoms with Gasteiger partial charge in [-0.15, -0.1) is 0 Å². The van der Waals surface area contributed by atoms with Crippen LogP contribution in [0.1, 0.15) is 44.5 Å². The van der Waals surface area contributed by atoms with Crippen LogP contribution in [0.25, 0.3) is 67.0 Å². The van der Waals surface area contributed by atoms with Crippen molar-refractivity contribution in [2.45, 2.75) is 10.8 Å². The monoisotopic (exact) mass is 785 g/mol. The molecule has 2 unspecified atom stereocenters. The molecule has 1 nitrogen and oxygen atoms in total. The summed E-state index contributed by atoms with van der Waals surface area (Å²) < 4.78 is 0. The van der Waals surface area contributed by atoms with E-state index < -0.39 is 10.8 Å². The molecule has 1 heterocycles. The maximum Gasteiger partial charge on any atom is 0.0720 e. The number of nitrogens with zero attached hydrogens (tertiary/aromatic N) is 1. The third kappa shape index (κ3) is 4.71. The van der Waals surface area contributed by atoms with Crippen LogP contribution in [0.4, 0.5) is 0 Å². The highest BCUT2D eigenvalue weighted by Crippen LogP contribution is 2.68. The van der Waals surface area contributed by atoms with Crippen LogP contribution in [0.2, 0.25) is 0 Å². The Hall–Kier alpha value is -7.87. The number of benzene rings is 9. The Bertz CT molecular complexity index is 3350. The summed E-state index contributed by atoms with van der Waals surface area (Å²) in [6, 6.07) is 87.7. The molecule has 0 aliphatic heterocycles. The van der Waals surface area contributed by atoms with Crippen molar-refractivity contribution in [3.8, 4) is 67.0 Å². The van der Waals surface area contributed by atoms with E-state index in [1.54, 1.807) is 0 Å². The number of hydrogen-bond donors (Lipinski definition) is 0. The summed E-state index contributed by atoms with van der Waals surface area (Å²) in [4.78, 5) is 5.31. The van der Waals surface area contributed by atoms with Crippen molar-refractivity contribution in [2.24, 2.45) is 0 Å². The first-order valence-corrected chi connectivity index (χ1v) is 21.6. The van der Waals surface area contributed by atoms with E-state index in [-0.39, 0.29) is 0 Å². The van der Waals surface area contributed by atoms with Crippen LogP contribution in [0.15, 0.2) is 237 Å². The van der Waals surface area contributed by atoms with Gasteiger partial charge in [-0.25, -0.2) is 4.98 Å². The third-order valence-electron chi connectivity index (χ3n) is 13.9. The maximum atomic E-state index is 5.31. The fraction of sp³-hybridized carbons (Fsp3) is 0.0328. The van der Waals surface area contributed by atoms with E-state index in [0.717, 1.165) is 33.6 Å². The molecule has 62 heavy (non-hydrogen) atoms. The van der Waals surface area contributed by atoms with Gasteiger partial charge in [0.25, 0.3) is 0 Å². The molecule has 3 aliphatic rings. The van der Waals surface area contributed by atoms with E-state index in [9.17, 15) is 0 Å². The Labute approximate surface area is 362 Å². The second kappa shape index (κ2) is 13.3. The van der Waals surface area contributed by atoms with Gasteiger partial charge in [0.1, 0.15) is 0 Å². The largest absolute Gasteiger partial charge is 0.248 e. The molecule has 1 heteroatoms. The molecule has 13 rings (SSSR count). The lowest BCUT2D eigenvalue weighted by Gasteiger charge is -2.48. The van der Waals surface area contributed by atoms with Crippen LogP contribution >= 0.6 is 0 Å². The van der Waals surface area contributed by atoms with Crippen molar-refractivity contribution in [2.75, 3.05) is 0 Å². The molecule has 0 radical (unpaired) electrons. The number of fused-ring (bicyclic) bond motifs is 12. The Morgan fingerprint density at radius 2 is 0.710 bits per heavy atom. The lowest BCUT2D eigenvalue weighted by molar-refractivity contribution is 0.636. The highest BCUT2D eigenvalue weighted by molar-refractivity contribution is 5.96. The van der Waals surface area contributed by atoms with Crippen LogP contribution in [-0.4, -0.2) is 4.98 Å². The van der Waals surface area contributed by atoms with Crippen LogP contribution < -0.4 is 0 Å². The van der Waals surface area contributed by atoms with E-state index in [2.05, 4.69) is 237 Å². The lowest BCUT2D eigenvalue weighted by atomic mass is 9.52. The van der Waals surface area contributed by atoms with Gasteiger partial charge in [0.05, 0.1) is 22.2 Å². The smallest absolute Gasteiger partial charge is 0.0720 e. The molecule has 0 saturated carbocycles. The highest BCUT2D eigenvalue weighted by atomic mass is 14.7. The zero-order chi connectivity index (χ0) is 40.8. The van der Waals surface area contributed by atoms with Gasteiger partial charge in [-0.3, -0.25) is 0 Å². The van der Waals surface area contributed by atoms with Gasteiger partial charge in [-0.1, -0.05) is 212 Å². The molecule has 1 aromatic heterocycles. The van der Waals surface area contributed by atoms with E-state index in [1.165, 1.54) is 77.9 Å². The first kappa shape index (κ1) is 34.9. The molecule has 0 fully saturated rings. The second-order valence-corrected chi connectivity index (χ2v) is 16.9. The van der Waals surface area contributed by atoms with Crippen molar-refractivity contribution in [1.29, 1.82) is 0 Å². The van der Waals surface area contributed by atoms with Crippen molar-refractivity contribution < 1.29 is 0 Å².